The van der Waals surface area contributed by atoms with Gasteiger partial charge in [-0.15, -0.1) is 0 Å². The van der Waals surface area contributed by atoms with Crippen LogP contribution in [0.4, 0.5) is 0 Å². The van der Waals surface area contributed by atoms with Crippen molar-refractivity contribution in [2.75, 3.05) is 39.8 Å². The first-order valence-corrected chi connectivity index (χ1v) is 7.67. The van der Waals surface area contributed by atoms with Crippen molar-refractivity contribution in [1.29, 1.82) is 0 Å². The molecular weight excluding hydrogens is 240 g/mol. The van der Waals surface area contributed by atoms with E-state index in [0.29, 0.717) is 18.6 Å². The third-order valence-electron chi connectivity index (χ3n) is 4.30. The van der Waals surface area contributed by atoms with Crippen molar-refractivity contribution >= 4 is 5.91 Å². The van der Waals surface area contributed by atoms with Gasteiger partial charge in [0.05, 0.1) is 6.54 Å². The average Bonchev–Trinajstić information content (AvgIpc) is 2.47. The van der Waals surface area contributed by atoms with Crippen LogP contribution < -0.4 is 16.0 Å². The molecule has 1 atom stereocenters. The Balaban J connectivity index is 1.59. The van der Waals surface area contributed by atoms with Gasteiger partial charge in [-0.2, -0.15) is 0 Å². The van der Waals surface area contributed by atoms with Crippen LogP contribution >= 0.6 is 0 Å². The molecule has 2 aliphatic rings. The molecule has 0 spiro atoms. The zero-order chi connectivity index (χ0) is 13.5. The van der Waals surface area contributed by atoms with Crippen LogP contribution in [-0.4, -0.2) is 62.7 Å². The van der Waals surface area contributed by atoms with E-state index in [0.717, 1.165) is 32.5 Å². The molecule has 0 aromatic carbocycles. The molecule has 110 valence electrons. The summed E-state index contributed by atoms with van der Waals surface area (Å²) in [6.07, 6.45) is 6.31. The smallest absolute Gasteiger partial charge is 0.233 e. The van der Waals surface area contributed by atoms with E-state index in [1.54, 1.807) is 7.05 Å². The highest BCUT2D eigenvalue weighted by molar-refractivity contribution is 5.77. The molecule has 5 heteroatoms. The largest absolute Gasteiger partial charge is 0.358 e. The zero-order valence-corrected chi connectivity index (χ0v) is 12.1. The van der Waals surface area contributed by atoms with Crippen molar-refractivity contribution < 1.29 is 4.79 Å². The Morgan fingerprint density at radius 1 is 1.26 bits per heavy atom. The highest BCUT2D eigenvalue weighted by Gasteiger charge is 2.21. The lowest BCUT2D eigenvalue weighted by Gasteiger charge is -2.33. The number of likely N-dealkylation sites (tertiary alicyclic amines) is 1. The maximum Gasteiger partial charge on any atom is 0.233 e. The van der Waals surface area contributed by atoms with Gasteiger partial charge in [0.15, 0.2) is 0 Å². The SMILES string of the molecule is CNC(=O)CN1CCC(NCC2CCCCN2)CC1. The molecular formula is C14H28N4O. The molecule has 2 saturated heterocycles. The Hall–Kier alpha value is -0.650. The van der Waals surface area contributed by atoms with E-state index >= 15 is 0 Å². The molecule has 1 amide bonds. The number of amides is 1. The monoisotopic (exact) mass is 268 g/mol. The van der Waals surface area contributed by atoms with Gasteiger partial charge in [-0.25, -0.2) is 0 Å². The minimum absolute atomic E-state index is 0.123. The first-order chi connectivity index (χ1) is 9.28. The van der Waals surface area contributed by atoms with Gasteiger partial charge >= 0.3 is 0 Å². The number of nitrogens with zero attached hydrogens (tertiary/aromatic N) is 1. The molecule has 2 aliphatic heterocycles. The van der Waals surface area contributed by atoms with E-state index in [1.807, 2.05) is 0 Å². The quantitative estimate of drug-likeness (QED) is 0.653. The fourth-order valence-electron chi connectivity index (χ4n) is 2.98. The van der Waals surface area contributed by atoms with Crippen molar-refractivity contribution in [3.8, 4) is 0 Å². The standard InChI is InChI=1S/C14H28N4O/c1-15-14(19)11-18-8-5-12(6-9-18)17-10-13-4-2-3-7-16-13/h12-13,16-17H,2-11H2,1H3,(H,15,19). The van der Waals surface area contributed by atoms with Crippen LogP contribution in [0.3, 0.4) is 0 Å². The van der Waals surface area contributed by atoms with E-state index in [2.05, 4.69) is 20.9 Å². The number of carbonyl (C=O) groups is 1. The lowest BCUT2D eigenvalue weighted by molar-refractivity contribution is -0.122. The van der Waals surface area contributed by atoms with Crippen molar-refractivity contribution in [2.24, 2.45) is 0 Å². The Labute approximate surface area is 116 Å². The second kappa shape index (κ2) is 7.82. The maximum atomic E-state index is 11.3. The molecule has 0 aromatic heterocycles. The number of hydrogen-bond acceptors (Lipinski definition) is 4. The van der Waals surface area contributed by atoms with Gasteiger partial charge in [-0.05, 0) is 32.2 Å². The van der Waals surface area contributed by atoms with E-state index in [9.17, 15) is 4.79 Å². The maximum absolute atomic E-state index is 11.3. The third-order valence-corrected chi connectivity index (χ3v) is 4.30. The second-order valence-electron chi connectivity index (χ2n) is 5.78. The lowest BCUT2D eigenvalue weighted by Crippen LogP contribution is -2.49. The van der Waals surface area contributed by atoms with E-state index in [-0.39, 0.29) is 5.91 Å². The summed E-state index contributed by atoms with van der Waals surface area (Å²) in [5, 5.41) is 9.95. The van der Waals surface area contributed by atoms with Crippen LogP contribution in [0.2, 0.25) is 0 Å². The Morgan fingerprint density at radius 3 is 2.68 bits per heavy atom. The number of hydrogen-bond donors (Lipinski definition) is 3. The van der Waals surface area contributed by atoms with Gasteiger partial charge in [-0.3, -0.25) is 9.69 Å². The Kier molecular flexibility index (Phi) is 6.07. The molecule has 2 rings (SSSR count). The number of carbonyl (C=O) groups excluding carboxylic acids is 1. The highest BCUT2D eigenvalue weighted by Crippen LogP contribution is 2.11. The molecule has 0 saturated carbocycles. The summed E-state index contributed by atoms with van der Waals surface area (Å²) < 4.78 is 0. The first-order valence-electron chi connectivity index (χ1n) is 7.67. The summed E-state index contributed by atoms with van der Waals surface area (Å²) in [5.74, 6) is 0.123. The van der Waals surface area contributed by atoms with E-state index < -0.39 is 0 Å². The molecule has 0 aliphatic carbocycles. The van der Waals surface area contributed by atoms with Crippen molar-refractivity contribution in [1.82, 2.24) is 20.9 Å². The minimum Gasteiger partial charge on any atom is -0.358 e. The average molecular weight is 268 g/mol. The number of likely N-dealkylation sites (N-methyl/N-ethyl adjacent to an activating group) is 1. The zero-order valence-electron chi connectivity index (χ0n) is 12.1. The molecule has 19 heavy (non-hydrogen) atoms. The molecule has 0 radical (unpaired) electrons. The third kappa shape index (κ3) is 5.09. The molecule has 3 N–H and O–H groups in total. The van der Waals surface area contributed by atoms with Gasteiger partial charge in [0.2, 0.25) is 5.91 Å². The first kappa shape index (κ1) is 14.8. The normalized spacial score (nSPS) is 26.3. The van der Waals surface area contributed by atoms with Crippen LogP contribution in [0.1, 0.15) is 32.1 Å². The summed E-state index contributed by atoms with van der Waals surface area (Å²) >= 11 is 0. The summed E-state index contributed by atoms with van der Waals surface area (Å²) in [6, 6.07) is 1.29. The Bertz CT molecular complexity index is 271. The van der Waals surface area contributed by atoms with Gasteiger partial charge in [0.25, 0.3) is 0 Å². The van der Waals surface area contributed by atoms with Gasteiger partial charge in [0, 0.05) is 38.8 Å². The van der Waals surface area contributed by atoms with Crippen LogP contribution in [0.25, 0.3) is 0 Å². The van der Waals surface area contributed by atoms with Crippen LogP contribution in [-0.2, 0) is 4.79 Å². The molecule has 2 fully saturated rings. The fraction of sp³-hybridized carbons (Fsp3) is 0.929. The highest BCUT2D eigenvalue weighted by atomic mass is 16.1. The second-order valence-corrected chi connectivity index (χ2v) is 5.78. The Morgan fingerprint density at radius 2 is 2.05 bits per heavy atom. The van der Waals surface area contributed by atoms with Gasteiger partial charge < -0.3 is 16.0 Å². The predicted octanol–water partition coefficient (Wildman–Crippen LogP) is -0.0715. The van der Waals surface area contributed by atoms with Crippen LogP contribution in [0.5, 0.6) is 0 Å². The lowest BCUT2D eigenvalue weighted by atomic mass is 10.0. The van der Waals surface area contributed by atoms with Gasteiger partial charge in [0.1, 0.15) is 0 Å². The van der Waals surface area contributed by atoms with Crippen molar-refractivity contribution in [3.05, 3.63) is 0 Å². The molecule has 5 nitrogen and oxygen atoms in total. The van der Waals surface area contributed by atoms with Crippen molar-refractivity contribution in [2.45, 2.75) is 44.2 Å². The van der Waals surface area contributed by atoms with E-state index in [1.165, 1.54) is 25.8 Å². The summed E-state index contributed by atoms with van der Waals surface area (Å²) in [5.41, 5.74) is 0. The minimum atomic E-state index is 0.123. The van der Waals surface area contributed by atoms with E-state index in [4.69, 9.17) is 0 Å². The number of piperidine rings is 2. The molecule has 1 unspecified atom stereocenters. The molecule has 0 bridgehead atoms. The molecule has 2 heterocycles. The van der Waals surface area contributed by atoms with Crippen LogP contribution in [0.15, 0.2) is 0 Å². The number of rotatable bonds is 5. The molecule has 0 aromatic rings. The van der Waals surface area contributed by atoms with Gasteiger partial charge in [-0.1, -0.05) is 6.42 Å². The summed E-state index contributed by atoms with van der Waals surface area (Å²) in [6.45, 7) is 4.89. The number of nitrogens with one attached hydrogen (secondary N) is 3. The van der Waals surface area contributed by atoms with Crippen molar-refractivity contribution in [3.63, 3.8) is 0 Å². The van der Waals surface area contributed by atoms with Crippen LogP contribution in [0, 0.1) is 0 Å². The summed E-state index contributed by atoms with van der Waals surface area (Å²) in [7, 11) is 1.70. The topological polar surface area (TPSA) is 56.4 Å². The predicted molar refractivity (Wildman–Crippen MR) is 77.2 cm³/mol. The summed E-state index contributed by atoms with van der Waals surface area (Å²) in [4.78, 5) is 13.6. The fourth-order valence-corrected chi connectivity index (χ4v) is 2.98.